The lowest BCUT2D eigenvalue weighted by Gasteiger charge is -2.30. The van der Waals surface area contributed by atoms with E-state index in [1.807, 2.05) is 47.2 Å². The fourth-order valence-electron chi connectivity index (χ4n) is 4.43. The average Bonchev–Trinajstić information content (AvgIpc) is 3.51. The van der Waals surface area contributed by atoms with Gasteiger partial charge in [0.15, 0.2) is 5.11 Å². The predicted octanol–water partition coefficient (Wildman–Crippen LogP) is 4.16. The van der Waals surface area contributed by atoms with Crippen molar-refractivity contribution in [3.8, 4) is 5.69 Å². The van der Waals surface area contributed by atoms with Crippen LogP contribution in [0.25, 0.3) is 5.69 Å². The number of ether oxygens (including phenoxy) is 1. The first-order valence-electron chi connectivity index (χ1n) is 10.2. The van der Waals surface area contributed by atoms with Gasteiger partial charge in [0, 0.05) is 31.2 Å². The van der Waals surface area contributed by atoms with Gasteiger partial charge in [-0.3, -0.25) is 4.98 Å². The molecular formula is C23H23FN4OS. The van der Waals surface area contributed by atoms with E-state index >= 15 is 0 Å². The molecule has 2 aliphatic rings. The smallest absolute Gasteiger partial charge is 0.170 e. The lowest BCUT2D eigenvalue weighted by molar-refractivity contribution is 0.0836. The van der Waals surface area contributed by atoms with Crippen molar-refractivity contribution in [2.75, 3.05) is 13.2 Å². The van der Waals surface area contributed by atoms with Crippen LogP contribution in [0.5, 0.6) is 0 Å². The Morgan fingerprint density at radius 1 is 1.13 bits per heavy atom. The molecule has 30 heavy (non-hydrogen) atoms. The van der Waals surface area contributed by atoms with Crippen molar-refractivity contribution in [2.24, 2.45) is 0 Å². The minimum Gasteiger partial charge on any atom is -0.376 e. The third-order valence-corrected chi connectivity index (χ3v) is 6.17. The number of nitrogens with one attached hydrogen (secondary N) is 1. The average molecular weight is 423 g/mol. The SMILES string of the molecule is Fc1ccccc1-n1cccc1[C@H]1[C@@H](c2ccccn2)NC(=S)N1C[C@@H]1CCCO1. The number of rotatable bonds is 5. The molecule has 4 heterocycles. The Balaban J connectivity index is 1.58. The summed E-state index contributed by atoms with van der Waals surface area (Å²) in [5, 5.41) is 4.13. The molecule has 3 aromatic rings. The fraction of sp³-hybridized carbons (Fsp3) is 0.304. The maximum Gasteiger partial charge on any atom is 0.170 e. The third kappa shape index (κ3) is 3.48. The normalized spacial score (nSPS) is 23.7. The molecule has 0 bridgehead atoms. The second-order valence-corrected chi connectivity index (χ2v) is 8.06. The Labute approximate surface area is 180 Å². The number of halogens is 1. The number of nitrogens with zero attached hydrogens (tertiary/aromatic N) is 3. The summed E-state index contributed by atoms with van der Waals surface area (Å²) >= 11 is 5.74. The topological polar surface area (TPSA) is 42.3 Å². The molecule has 0 spiro atoms. The highest BCUT2D eigenvalue weighted by atomic mass is 32.1. The van der Waals surface area contributed by atoms with E-state index in [9.17, 15) is 4.39 Å². The molecule has 0 amide bonds. The van der Waals surface area contributed by atoms with Crippen molar-refractivity contribution in [3.63, 3.8) is 0 Å². The van der Waals surface area contributed by atoms with Gasteiger partial charge in [0.2, 0.25) is 0 Å². The van der Waals surface area contributed by atoms with Crippen LogP contribution in [0.15, 0.2) is 67.0 Å². The summed E-state index contributed by atoms with van der Waals surface area (Å²) in [5.41, 5.74) is 2.38. The van der Waals surface area contributed by atoms with Crippen molar-refractivity contribution in [3.05, 3.63) is 84.2 Å². The van der Waals surface area contributed by atoms with E-state index in [0.717, 1.165) is 30.8 Å². The van der Waals surface area contributed by atoms with Crippen LogP contribution in [0.4, 0.5) is 4.39 Å². The van der Waals surface area contributed by atoms with Crippen LogP contribution in [-0.2, 0) is 4.74 Å². The number of hydrogen-bond donors (Lipinski definition) is 1. The van der Waals surface area contributed by atoms with Crippen LogP contribution in [0, 0.1) is 5.82 Å². The van der Waals surface area contributed by atoms with Crippen LogP contribution in [0.2, 0.25) is 0 Å². The van der Waals surface area contributed by atoms with Gasteiger partial charge in [-0.1, -0.05) is 18.2 Å². The minimum absolute atomic E-state index is 0.133. The lowest BCUT2D eigenvalue weighted by atomic mass is 10.0. The molecule has 5 rings (SSSR count). The summed E-state index contributed by atoms with van der Waals surface area (Å²) < 4.78 is 22.4. The van der Waals surface area contributed by atoms with Crippen molar-refractivity contribution < 1.29 is 9.13 Å². The highest BCUT2D eigenvalue weighted by Gasteiger charge is 2.42. The van der Waals surface area contributed by atoms with E-state index in [-0.39, 0.29) is 24.0 Å². The molecule has 0 unspecified atom stereocenters. The molecule has 2 fully saturated rings. The van der Waals surface area contributed by atoms with E-state index < -0.39 is 0 Å². The number of aromatic nitrogens is 2. The first-order chi connectivity index (χ1) is 14.7. The molecule has 2 aliphatic heterocycles. The van der Waals surface area contributed by atoms with Gasteiger partial charge in [-0.2, -0.15) is 0 Å². The highest BCUT2D eigenvalue weighted by Crippen LogP contribution is 2.40. The maximum atomic E-state index is 14.6. The van der Waals surface area contributed by atoms with Gasteiger partial charge in [-0.05, 0) is 61.5 Å². The van der Waals surface area contributed by atoms with Crippen molar-refractivity contribution in [1.29, 1.82) is 0 Å². The Bertz CT molecular complexity index is 1030. The number of hydrogen-bond acceptors (Lipinski definition) is 3. The van der Waals surface area contributed by atoms with E-state index in [2.05, 4.69) is 15.2 Å². The van der Waals surface area contributed by atoms with Gasteiger partial charge in [0.1, 0.15) is 5.82 Å². The summed E-state index contributed by atoms with van der Waals surface area (Å²) in [7, 11) is 0. The monoisotopic (exact) mass is 422 g/mol. The number of para-hydroxylation sites is 1. The van der Waals surface area contributed by atoms with Crippen LogP contribution in [0.3, 0.4) is 0 Å². The van der Waals surface area contributed by atoms with Crippen LogP contribution >= 0.6 is 12.2 Å². The van der Waals surface area contributed by atoms with Crippen LogP contribution in [-0.4, -0.2) is 38.8 Å². The molecule has 7 heteroatoms. The largest absolute Gasteiger partial charge is 0.376 e. The number of pyridine rings is 1. The number of benzene rings is 1. The van der Waals surface area contributed by atoms with Gasteiger partial charge in [-0.15, -0.1) is 0 Å². The Hall–Kier alpha value is -2.77. The minimum atomic E-state index is -0.261. The van der Waals surface area contributed by atoms with Crippen LogP contribution < -0.4 is 5.32 Å². The van der Waals surface area contributed by atoms with E-state index in [4.69, 9.17) is 17.0 Å². The highest BCUT2D eigenvalue weighted by molar-refractivity contribution is 7.80. The molecule has 0 saturated carbocycles. The summed E-state index contributed by atoms with van der Waals surface area (Å²) in [6.07, 6.45) is 5.92. The molecule has 3 atom stereocenters. The van der Waals surface area contributed by atoms with Crippen LogP contribution in [0.1, 0.15) is 36.3 Å². The van der Waals surface area contributed by atoms with Crippen molar-refractivity contribution >= 4 is 17.3 Å². The van der Waals surface area contributed by atoms with E-state index in [1.54, 1.807) is 18.3 Å². The summed E-state index contributed by atoms with van der Waals surface area (Å²) in [6.45, 7) is 1.49. The van der Waals surface area contributed by atoms with Gasteiger partial charge < -0.3 is 19.5 Å². The van der Waals surface area contributed by atoms with Gasteiger partial charge in [0.25, 0.3) is 0 Å². The molecular weight excluding hydrogens is 399 g/mol. The van der Waals surface area contributed by atoms with Crippen molar-refractivity contribution in [2.45, 2.75) is 31.0 Å². The molecule has 154 valence electrons. The first kappa shape index (κ1) is 19.2. The van der Waals surface area contributed by atoms with E-state index in [1.165, 1.54) is 6.07 Å². The second-order valence-electron chi connectivity index (χ2n) is 7.67. The molecule has 0 aliphatic carbocycles. The van der Waals surface area contributed by atoms with Gasteiger partial charge in [-0.25, -0.2) is 4.39 Å². The van der Waals surface area contributed by atoms with Gasteiger partial charge in [0.05, 0.1) is 29.6 Å². The maximum absolute atomic E-state index is 14.6. The second kappa shape index (κ2) is 8.16. The Morgan fingerprint density at radius 2 is 2.00 bits per heavy atom. The fourth-order valence-corrected chi connectivity index (χ4v) is 4.75. The zero-order valence-corrected chi connectivity index (χ0v) is 17.3. The summed E-state index contributed by atoms with van der Waals surface area (Å²) in [4.78, 5) is 6.76. The summed E-state index contributed by atoms with van der Waals surface area (Å²) in [5.74, 6) is -0.261. The zero-order chi connectivity index (χ0) is 20.5. The first-order valence-corrected chi connectivity index (χ1v) is 10.6. The number of thiocarbonyl (C=S) groups is 1. The molecule has 1 N–H and O–H groups in total. The molecule has 0 radical (unpaired) electrons. The predicted molar refractivity (Wildman–Crippen MR) is 117 cm³/mol. The molecule has 2 aromatic heterocycles. The van der Waals surface area contributed by atoms with E-state index in [0.29, 0.717) is 17.3 Å². The molecule has 5 nitrogen and oxygen atoms in total. The molecule has 2 saturated heterocycles. The zero-order valence-electron chi connectivity index (χ0n) is 16.4. The molecule has 1 aromatic carbocycles. The van der Waals surface area contributed by atoms with Gasteiger partial charge >= 0.3 is 0 Å². The third-order valence-electron chi connectivity index (χ3n) is 5.82. The Morgan fingerprint density at radius 3 is 2.77 bits per heavy atom. The lowest BCUT2D eigenvalue weighted by Crippen LogP contribution is -2.36. The standard InChI is InChI=1S/C23H23FN4OS/c24-17-8-1-2-10-19(17)27-13-5-11-20(27)22-21(18-9-3-4-12-25-18)26-23(30)28(22)15-16-7-6-14-29-16/h1-5,8-13,16,21-22H,6-7,14-15H2,(H,26,30)/t16-,21+,22-/m0/s1. The quantitative estimate of drug-likeness (QED) is 0.626. The van der Waals surface area contributed by atoms with Crippen molar-refractivity contribution in [1.82, 2.24) is 19.8 Å². The Kier molecular flexibility index (Phi) is 5.23. The summed E-state index contributed by atoms with van der Waals surface area (Å²) in [6, 6.07) is 16.4.